The lowest BCUT2D eigenvalue weighted by atomic mass is 9.84. The number of aryl methyl sites for hydroxylation is 1. The summed E-state index contributed by atoms with van der Waals surface area (Å²) in [4.78, 5) is 7.25. The molecule has 2 aliphatic heterocycles. The first-order chi connectivity index (χ1) is 9.17. The molecule has 0 spiro atoms. The quantitative estimate of drug-likeness (QED) is 0.917. The minimum Gasteiger partial charge on any atom is -0.316 e. The zero-order valence-corrected chi connectivity index (χ0v) is 13.0. The number of nitrogens with zero attached hydrogens (tertiary/aromatic N) is 2. The van der Waals surface area contributed by atoms with E-state index in [1.165, 1.54) is 36.4 Å². The zero-order chi connectivity index (χ0) is 13.4. The third kappa shape index (κ3) is 2.71. The van der Waals surface area contributed by atoms with E-state index in [4.69, 9.17) is 0 Å². The average Bonchev–Trinajstić information content (AvgIpc) is 2.87. The molecule has 4 heteroatoms. The van der Waals surface area contributed by atoms with Crippen molar-refractivity contribution in [2.24, 2.45) is 5.92 Å². The molecule has 2 saturated heterocycles. The predicted molar refractivity (Wildman–Crippen MR) is 80.7 cm³/mol. The summed E-state index contributed by atoms with van der Waals surface area (Å²) in [5, 5.41) is 7.02. The highest BCUT2D eigenvalue weighted by atomic mass is 32.1. The standard InChI is InChI=1S/C15H25N3S/c1-10-9-19-15(17-10)8-14(16-2)11-6-12-4-5-13(7-11)18(12)3/h9,11-14,16H,4-8H2,1-3H3. The van der Waals surface area contributed by atoms with E-state index in [0.717, 1.165) is 24.4 Å². The van der Waals surface area contributed by atoms with Gasteiger partial charge in [-0.25, -0.2) is 4.98 Å². The van der Waals surface area contributed by atoms with Crippen LogP contribution in [0.5, 0.6) is 0 Å². The van der Waals surface area contributed by atoms with Gasteiger partial charge in [0.1, 0.15) is 0 Å². The van der Waals surface area contributed by atoms with Crippen LogP contribution in [0.3, 0.4) is 0 Å². The maximum atomic E-state index is 4.63. The SMILES string of the molecule is CNC(Cc1nc(C)cs1)C1CC2CCC(C1)N2C. The molecule has 0 amide bonds. The van der Waals surface area contributed by atoms with Gasteiger partial charge in [-0.1, -0.05) is 0 Å². The van der Waals surface area contributed by atoms with Crippen molar-refractivity contribution >= 4 is 11.3 Å². The van der Waals surface area contributed by atoms with Gasteiger partial charge < -0.3 is 10.2 Å². The number of fused-ring (bicyclic) bond motifs is 2. The number of rotatable bonds is 4. The number of likely N-dealkylation sites (N-methyl/N-ethyl adjacent to an activating group) is 1. The third-order valence-corrected chi connectivity index (χ3v) is 6.12. The Morgan fingerprint density at radius 1 is 1.42 bits per heavy atom. The Morgan fingerprint density at radius 2 is 2.11 bits per heavy atom. The van der Waals surface area contributed by atoms with Gasteiger partial charge in [0.2, 0.25) is 0 Å². The molecule has 3 unspecified atom stereocenters. The van der Waals surface area contributed by atoms with Gasteiger partial charge >= 0.3 is 0 Å². The topological polar surface area (TPSA) is 28.2 Å². The second kappa shape index (κ2) is 5.51. The molecule has 1 aromatic heterocycles. The molecule has 3 heterocycles. The van der Waals surface area contributed by atoms with Crippen molar-refractivity contribution in [3.8, 4) is 0 Å². The summed E-state index contributed by atoms with van der Waals surface area (Å²) in [6.45, 7) is 2.09. The normalized spacial score (nSPS) is 32.7. The Bertz CT molecular complexity index is 417. The first-order valence-electron chi connectivity index (χ1n) is 7.47. The Balaban J connectivity index is 1.66. The highest BCUT2D eigenvalue weighted by Gasteiger charge is 2.40. The third-order valence-electron chi connectivity index (χ3n) is 5.14. The summed E-state index contributed by atoms with van der Waals surface area (Å²) < 4.78 is 0. The van der Waals surface area contributed by atoms with E-state index in [1.54, 1.807) is 0 Å². The van der Waals surface area contributed by atoms with Crippen molar-refractivity contribution in [1.29, 1.82) is 0 Å². The smallest absolute Gasteiger partial charge is 0.0943 e. The number of piperidine rings is 1. The maximum Gasteiger partial charge on any atom is 0.0943 e. The summed E-state index contributed by atoms with van der Waals surface area (Å²) in [5.74, 6) is 0.822. The lowest BCUT2D eigenvalue weighted by Crippen LogP contribution is -2.47. The largest absolute Gasteiger partial charge is 0.316 e. The molecule has 3 rings (SSSR count). The molecule has 106 valence electrons. The lowest BCUT2D eigenvalue weighted by Gasteiger charge is -2.39. The molecule has 0 aliphatic carbocycles. The fourth-order valence-electron chi connectivity index (χ4n) is 3.97. The van der Waals surface area contributed by atoms with E-state index >= 15 is 0 Å². The lowest BCUT2D eigenvalue weighted by molar-refractivity contribution is 0.114. The van der Waals surface area contributed by atoms with Crippen LogP contribution in [0, 0.1) is 12.8 Å². The van der Waals surface area contributed by atoms with Crippen LogP contribution in [0.4, 0.5) is 0 Å². The molecule has 3 nitrogen and oxygen atoms in total. The molecule has 1 N–H and O–H groups in total. The summed E-state index contributed by atoms with van der Waals surface area (Å²) in [5.41, 5.74) is 1.17. The minimum absolute atomic E-state index is 0.599. The molecule has 19 heavy (non-hydrogen) atoms. The molecule has 0 saturated carbocycles. The van der Waals surface area contributed by atoms with Gasteiger partial charge in [0, 0.05) is 35.6 Å². The van der Waals surface area contributed by atoms with Crippen molar-refractivity contribution in [1.82, 2.24) is 15.2 Å². The average molecular weight is 279 g/mol. The number of hydrogen-bond donors (Lipinski definition) is 1. The molecule has 0 radical (unpaired) electrons. The van der Waals surface area contributed by atoms with Gasteiger partial charge in [0.25, 0.3) is 0 Å². The van der Waals surface area contributed by atoms with Gasteiger partial charge in [-0.05, 0) is 52.6 Å². The molecule has 2 bridgehead atoms. The Kier molecular flexibility index (Phi) is 3.92. The second-order valence-corrected chi connectivity index (χ2v) is 7.21. The van der Waals surface area contributed by atoms with Crippen LogP contribution in [-0.2, 0) is 6.42 Å². The van der Waals surface area contributed by atoms with E-state index in [0.29, 0.717) is 6.04 Å². The number of thiazole rings is 1. The fourth-order valence-corrected chi connectivity index (χ4v) is 4.80. The van der Waals surface area contributed by atoms with Crippen molar-refractivity contribution in [3.05, 3.63) is 16.1 Å². The maximum absolute atomic E-state index is 4.63. The molecule has 0 aromatic carbocycles. The highest BCUT2D eigenvalue weighted by molar-refractivity contribution is 7.09. The summed E-state index contributed by atoms with van der Waals surface area (Å²) in [7, 11) is 4.43. The van der Waals surface area contributed by atoms with Gasteiger partial charge in [-0.3, -0.25) is 0 Å². The van der Waals surface area contributed by atoms with Gasteiger partial charge in [-0.2, -0.15) is 0 Å². The number of nitrogens with one attached hydrogen (secondary N) is 1. The van der Waals surface area contributed by atoms with Crippen LogP contribution in [0.25, 0.3) is 0 Å². The molecule has 3 atom stereocenters. The van der Waals surface area contributed by atoms with E-state index in [2.05, 4.69) is 41.6 Å². The van der Waals surface area contributed by atoms with Crippen LogP contribution in [0.1, 0.15) is 36.4 Å². The van der Waals surface area contributed by atoms with Crippen LogP contribution < -0.4 is 5.32 Å². The fraction of sp³-hybridized carbons (Fsp3) is 0.800. The number of hydrogen-bond acceptors (Lipinski definition) is 4. The molecule has 2 aliphatic rings. The van der Waals surface area contributed by atoms with Crippen LogP contribution >= 0.6 is 11.3 Å². The Morgan fingerprint density at radius 3 is 2.63 bits per heavy atom. The highest BCUT2D eigenvalue weighted by Crippen LogP contribution is 2.39. The molecular formula is C15H25N3S. The molecule has 2 fully saturated rings. The number of aromatic nitrogens is 1. The van der Waals surface area contributed by atoms with E-state index < -0.39 is 0 Å². The van der Waals surface area contributed by atoms with Crippen molar-refractivity contribution in [2.75, 3.05) is 14.1 Å². The van der Waals surface area contributed by atoms with Gasteiger partial charge in [0.05, 0.1) is 5.01 Å². The van der Waals surface area contributed by atoms with E-state index in [1.807, 2.05) is 11.3 Å². The monoisotopic (exact) mass is 279 g/mol. The molecular weight excluding hydrogens is 254 g/mol. The summed E-state index contributed by atoms with van der Waals surface area (Å²) in [6, 6.07) is 2.26. The Labute approximate surface area is 120 Å². The minimum atomic E-state index is 0.599. The van der Waals surface area contributed by atoms with Crippen molar-refractivity contribution in [2.45, 2.75) is 57.2 Å². The first-order valence-corrected chi connectivity index (χ1v) is 8.35. The van der Waals surface area contributed by atoms with E-state index in [9.17, 15) is 0 Å². The summed E-state index contributed by atoms with van der Waals surface area (Å²) in [6.07, 6.45) is 6.64. The second-order valence-electron chi connectivity index (χ2n) is 6.26. The van der Waals surface area contributed by atoms with Crippen molar-refractivity contribution < 1.29 is 0 Å². The first kappa shape index (κ1) is 13.5. The van der Waals surface area contributed by atoms with Gasteiger partial charge in [0.15, 0.2) is 0 Å². The van der Waals surface area contributed by atoms with Crippen LogP contribution in [0.15, 0.2) is 5.38 Å². The van der Waals surface area contributed by atoms with E-state index in [-0.39, 0.29) is 0 Å². The zero-order valence-electron chi connectivity index (χ0n) is 12.2. The Hall–Kier alpha value is -0.450. The summed E-state index contributed by atoms with van der Waals surface area (Å²) >= 11 is 1.81. The predicted octanol–water partition coefficient (Wildman–Crippen LogP) is 2.45. The van der Waals surface area contributed by atoms with Gasteiger partial charge in [-0.15, -0.1) is 11.3 Å². The van der Waals surface area contributed by atoms with Crippen LogP contribution in [-0.4, -0.2) is 42.1 Å². The van der Waals surface area contributed by atoms with Crippen LogP contribution in [0.2, 0.25) is 0 Å². The van der Waals surface area contributed by atoms with Crippen molar-refractivity contribution in [3.63, 3.8) is 0 Å². The molecule has 1 aromatic rings.